The van der Waals surface area contributed by atoms with Gasteiger partial charge in [-0.3, -0.25) is 4.98 Å². The maximum absolute atomic E-state index is 5.93. The van der Waals surface area contributed by atoms with Gasteiger partial charge in [-0.2, -0.15) is 0 Å². The molecule has 1 aliphatic carbocycles. The largest absolute Gasteiger partial charge is 0.470 e. The summed E-state index contributed by atoms with van der Waals surface area (Å²) in [6.45, 7) is 0.404. The monoisotopic (exact) mass is 331 g/mol. The van der Waals surface area contributed by atoms with Gasteiger partial charge in [-0.1, -0.05) is 30.4 Å². The summed E-state index contributed by atoms with van der Waals surface area (Å²) in [4.78, 5) is 13.0. The van der Waals surface area contributed by atoms with Crippen LogP contribution in [-0.2, 0) is 6.61 Å². The van der Waals surface area contributed by atoms with Crippen molar-refractivity contribution in [3.63, 3.8) is 0 Å². The van der Waals surface area contributed by atoms with Crippen LogP contribution in [0.1, 0.15) is 11.3 Å². The lowest BCUT2D eigenvalue weighted by Crippen LogP contribution is -2.11. The van der Waals surface area contributed by atoms with Crippen LogP contribution in [0.5, 0.6) is 5.88 Å². The minimum atomic E-state index is -0.0897. The van der Waals surface area contributed by atoms with Gasteiger partial charge in [0.15, 0.2) is 0 Å². The first-order valence-corrected chi connectivity index (χ1v) is 7.98. The van der Waals surface area contributed by atoms with Crippen molar-refractivity contribution in [1.29, 1.82) is 0 Å². The number of nitrogens with zero attached hydrogens (tertiary/aromatic N) is 4. The standard InChI is InChI=1S/C19H17N5O/c20-16-3-1-2-15(4-5-16)17-12-24-11-10-22-18(24)19(23-17)25-13-14-6-8-21-9-7-14/h1-12,16H,13,20H2. The number of fused-ring (bicyclic) bond motifs is 1. The fourth-order valence-corrected chi connectivity index (χ4v) is 2.56. The molecule has 6 heteroatoms. The van der Waals surface area contributed by atoms with Crippen molar-refractivity contribution in [2.75, 3.05) is 0 Å². The van der Waals surface area contributed by atoms with Crippen LogP contribution in [0.25, 0.3) is 11.2 Å². The molecule has 0 radical (unpaired) electrons. The topological polar surface area (TPSA) is 78.3 Å². The zero-order chi connectivity index (χ0) is 17.1. The van der Waals surface area contributed by atoms with E-state index >= 15 is 0 Å². The third-order valence-corrected chi connectivity index (χ3v) is 3.87. The van der Waals surface area contributed by atoms with Crippen molar-refractivity contribution in [1.82, 2.24) is 19.4 Å². The van der Waals surface area contributed by atoms with Gasteiger partial charge in [-0.25, -0.2) is 9.97 Å². The quantitative estimate of drug-likeness (QED) is 0.795. The third kappa shape index (κ3) is 3.34. The number of aromatic nitrogens is 4. The summed E-state index contributed by atoms with van der Waals surface area (Å²) in [6, 6.07) is 3.73. The summed E-state index contributed by atoms with van der Waals surface area (Å²) in [5.74, 6) is 0.492. The van der Waals surface area contributed by atoms with Crippen LogP contribution in [0.2, 0.25) is 0 Å². The molecule has 0 aliphatic heterocycles. The van der Waals surface area contributed by atoms with Gasteiger partial charge < -0.3 is 14.9 Å². The summed E-state index contributed by atoms with van der Waals surface area (Å²) in [7, 11) is 0. The van der Waals surface area contributed by atoms with Crippen LogP contribution in [-0.4, -0.2) is 25.4 Å². The van der Waals surface area contributed by atoms with Gasteiger partial charge in [0.1, 0.15) is 6.61 Å². The molecule has 25 heavy (non-hydrogen) atoms. The Hall–Kier alpha value is -3.25. The van der Waals surface area contributed by atoms with E-state index in [1.54, 1.807) is 18.6 Å². The summed E-state index contributed by atoms with van der Waals surface area (Å²) in [5, 5.41) is 0. The molecule has 3 heterocycles. The molecule has 0 aromatic carbocycles. The minimum absolute atomic E-state index is 0.0897. The molecule has 1 aliphatic rings. The Morgan fingerprint density at radius 1 is 1.16 bits per heavy atom. The Morgan fingerprint density at radius 3 is 2.92 bits per heavy atom. The number of rotatable bonds is 4. The number of pyridine rings is 1. The molecule has 1 atom stereocenters. The average Bonchev–Trinajstić information content (AvgIpc) is 3.01. The van der Waals surface area contributed by atoms with Crippen LogP contribution in [0, 0.1) is 0 Å². The van der Waals surface area contributed by atoms with Gasteiger partial charge in [0.25, 0.3) is 5.88 Å². The van der Waals surface area contributed by atoms with E-state index in [0.29, 0.717) is 18.1 Å². The highest BCUT2D eigenvalue weighted by Gasteiger charge is 2.11. The molecule has 0 spiro atoms. The van der Waals surface area contributed by atoms with Crippen LogP contribution >= 0.6 is 0 Å². The second-order valence-electron chi connectivity index (χ2n) is 5.68. The number of nitrogens with two attached hydrogens (primary N) is 1. The van der Waals surface area contributed by atoms with Gasteiger partial charge in [-0.15, -0.1) is 0 Å². The molecular formula is C19H17N5O. The predicted octanol–water partition coefficient (Wildman–Crippen LogP) is 2.54. The molecule has 0 saturated heterocycles. The van der Waals surface area contributed by atoms with Crippen molar-refractivity contribution in [2.24, 2.45) is 5.73 Å². The molecule has 0 saturated carbocycles. The number of imidazole rings is 1. The van der Waals surface area contributed by atoms with Gasteiger partial charge >= 0.3 is 0 Å². The normalized spacial score (nSPS) is 16.7. The van der Waals surface area contributed by atoms with E-state index in [2.05, 4.69) is 15.0 Å². The van der Waals surface area contributed by atoms with Crippen molar-refractivity contribution in [3.05, 3.63) is 84.8 Å². The molecule has 4 rings (SSSR count). The summed E-state index contributed by atoms with van der Waals surface area (Å²) < 4.78 is 7.84. The lowest BCUT2D eigenvalue weighted by molar-refractivity contribution is 0.295. The molecule has 2 N–H and O–H groups in total. The van der Waals surface area contributed by atoms with Gasteiger partial charge in [0.05, 0.1) is 5.69 Å². The van der Waals surface area contributed by atoms with Gasteiger partial charge in [0.2, 0.25) is 5.65 Å². The van der Waals surface area contributed by atoms with E-state index in [-0.39, 0.29) is 6.04 Å². The summed E-state index contributed by atoms with van der Waals surface area (Å²) in [6.07, 6.45) is 18.8. The Labute approximate surface area is 145 Å². The zero-order valence-corrected chi connectivity index (χ0v) is 13.5. The Morgan fingerprint density at radius 2 is 2.04 bits per heavy atom. The summed E-state index contributed by atoms with van der Waals surface area (Å²) in [5.41, 5.74) is 9.39. The first-order chi connectivity index (χ1) is 12.3. The molecular weight excluding hydrogens is 314 g/mol. The molecule has 3 aromatic rings. The van der Waals surface area contributed by atoms with E-state index in [4.69, 9.17) is 10.5 Å². The molecule has 1 unspecified atom stereocenters. The van der Waals surface area contributed by atoms with Crippen molar-refractivity contribution in [3.8, 4) is 5.88 Å². The van der Waals surface area contributed by atoms with Crippen LogP contribution in [0.3, 0.4) is 0 Å². The van der Waals surface area contributed by atoms with E-state index in [1.807, 2.05) is 59.3 Å². The van der Waals surface area contributed by atoms with Gasteiger partial charge in [-0.05, 0) is 17.7 Å². The number of hydrogen-bond acceptors (Lipinski definition) is 5. The van der Waals surface area contributed by atoms with Gasteiger partial charge in [0, 0.05) is 42.6 Å². The van der Waals surface area contributed by atoms with E-state index in [1.165, 1.54) is 0 Å². The van der Waals surface area contributed by atoms with Crippen LogP contribution in [0.15, 0.2) is 73.5 Å². The fraction of sp³-hybridized carbons (Fsp3) is 0.105. The molecule has 6 nitrogen and oxygen atoms in total. The first kappa shape index (κ1) is 15.3. The van der Waals surface area contributed by atoms with Crippen molar-refractivity contribution >= 4 is 11.2 Å². The lowest BCUT2D eigenvalue weighted by atomic mass is 10.1. The van der Waals surface area contributed by atoms with E-state index in [9.17, 15) is 0 Å². The maximum Gasteiger partial charge on any atom is 0.259 e. The SMILES string of the molecule is NC1C=CC=C(c2cn3ccnc3c(OCc3ccncc3)n2)C=C1. The smallest absolute Gasteiger partial charge is 0.259 e. The van der Waals surface area contributed by atoms with E-state index < -0.39 is 0 Å². The summed E-state index contributed by atoms with van der Waals surface area (Å²) >= 11 is 0. The second kappa shape index (κ2) is 6.70. The Bertz CT molecular complexity index is 972. The highest BCUT2D eigenvalue weighted by atomic mass is 16.5. The number of allylic oxidation sites excluding steroid dienone is 4. The van der Waals surface area contributed by atoms with Crippen molar-refractivity contribution in [2.45, 2.75) is 12.6 Å². The van der Waals surface area contributed by atoms with E-state index in [0.717, 1.165) is 16.8 Å². The predicted molar refractivity (Wildman–Crippen MR) is 95.8 cm³/mol. The second-order valence-corrected chi connectivity index (χ2v) is 5.68. The average molecular weight is 331 g/mol. The highest BCUT2D eigenvalue weighted by Crippen LogP contribution is 2.23. The highest BCUT2D eigenvalue weighted by molar-refractivity contribution is 5.74. The maximum atomic E-state index is 5.93. The van der Waals surface area contributed by atoms with Crippen LogP contribution < -0.4 is 10.5 Å². The lowest BCUT2D eigenvalue weighted by Gasteiger charge is -2.09. The van der Waals surface area contributed by atoms with Crippen molar-refractivity contribution < 1.29 is 4.74 Å². The molecule has 124 valence electrons. The molecule has 0 bridgehead atoms. The first-order valence-electron chi connectivity index (χ1n) is 7.98. The zero-order valence-electron chi connectivity index (χ0n) is 13.5. The fourth-order valence-electron chi connectivity index (χ4n) is 2.56. The molecule has 0 fully saturated rings. The number of hydrogen-bond donors (Lipinski definition) is 1. The number of ether oxygens (including phenoxy) is 1. The minimum Gasteiger partial charge on any atom is -0.470 e. The molecule has 3 aromatic heterocycles. The van der Waals surface area contributed by atoms with Crippen LogP contribution in [0.4, 0.5) is 0 Å². The Kier molecular flexibility index (Phi) is 4.10. The third-order valence-electron chi connectivity index (χ3n) is 3.87. The molecule has 0 amide bonds. The Balaban J connectivity index is 1.69.